The van der Waals surface area contributed by atoms with Crippen molar-refractivity contribution in [2.24, 2.45) is 4.99 Å². The summed E-state index contributed by atoms with van der Waals surface area (Å²) in [5.41, 5.74) is 1.07. The first kappa shape index (κ1) is 19.5. The van der Waals surface area contributed by atoms with E-state index in [9.17, 15) is 8.42 Å². The molecule has 1 fully saturated rings. The Morgan fingerprint density at radius 3 is 2.73 bits per heavy atom. The van der Waals surface area contributed by atoms with Crippen molar-refractivity contribution in [3.63, 3.8) is 0 Å². The van der Waals surface area contributed by atoms with Crippen LogP contribution in [0.25, 0.3) is 0 Å². The Balaban J connectivity index is 0.00000242. The summed E-state index contributed by atoms with van der Waals surface area (Å²) >= 11 is 6.10. The van der Waals surface area contributed by atoms with E-state index in [1.165, 1.54) is 0 Å². The van der Waals surface area contributed by atoms with Gasteiger partial charge in [0.25, 0.3) is 0 Å². The van der Waals surface area contributed by atoms with Crippen molar-refractivity contribution in [3.05, 3.63) is 34.9 Å². The quantitative estimate of drug-likeness (QED) is 0.411. The molecule has 124 valence electrons. The van der Waals surface area contributed by atoms with E-state index in [1.807, 2.05) is 24.3 Å². The lowest BCUT2D eigenvalue weighted by molar-refractivity contribution is 0.599. The number of sulfone groups is 1. The van der Waals surface area contributed by atoms with Crippen LogP contribution >= 0.6 is 35.6 Å². The Bertz CT molecular complexity index is 622. The van der Waals surface area contributed by atoms with Gasteiger partial charge in [-0.25, -0.2) is 8.42 Å². The number of aliphatic imine (C=N–C) groups is 1. The fourth-order valence-electron chi connectivity index (χ4n) is 2.31. The smallest absolute Gasteiger partial charge is 0.191 e. The van der Waals surface area contributed by atoms with Crippen molar-refractivity contribution in [2.75, 3.05) is 25.1 Å². The third-order valence-electron chi connectivity index (χ3n) is 3.44. The van der Waals surface area contributed by atoms with Crippen molar-refractivity contribution in [1.29, 1.82) is 0 Å². The molecule has 1 aromatic rings. The van der Waals surface area contributed by atoms with Gasteiger partial charge in [0.15, 0.2) is 15.8 Å². The van der Waals surface area contributed by atoms with Gasteiger partial charge >= 0.3 is 0 Å². The average Bonchev–Trinajstić information content (AvgIpc) is 2.79. The molecule has 1 heterocycles. The van der Waals surface area contributed by atoms with E-state index in [-0.39, 0.29) is 41.5 Å². The number of rotatable bonds is 4. The third-order valence-corrected chi connectivity index (χ3v) is 5.58. The van der Waals surface area contributed by atoms with Crippen molar-refractivity contribution < 1.29 is 8.42 Å². The summed E-state index contributed by atoms with van der Waals surface area (Å²) in [6.45, 7) is 0.683. The third kappa shape index (κ3) is 5.92. The fourth-order valence-corrected chi connectivity index (χ4v) is 4.22. The van der Waals surface area contributed by atoms with E-state index >= 15 is 0 Å². The zero-order valence-corrected chi connectivity index (χ0v) is 16.3. The SMILES string of the molecule is CN=C(NCCc1ccccc1Cl)NC1CCS(=O)(=O)C1.I. The van der Waals surface area contributed by atoms with E-state index in [0.29, 0.717) is 18.9 Å². The van der Waals surface area contributed by atoms with Gasteiger partial charge in [0, 0.05) is 24.7 Å². The molecular weight excluding hydrogens is 437 g/mol. The average molecular weight is 458 g/mol. The molecule has 22 heavy (non-hydrogen) atoms. The fraction of sp³-hybridized carbons (Fsp3) is 0.500. The van der Waals surface area contributed by atoms with Crippen LogP contribution in [-0.4, -0.2) is 45.5 Å². The normalized spacial score (nSPS) is 20.3. The van der Waals surface area contributed by atoms with E-state index < -0.39 is 9.84 Å². The zero-order chi connectivity index (χ0) is 15.3. The van der Waals surface area contributed by atoms with Crippen LogP contribution in [0.2, 0.25) is 5.02 Å². The van der Waals surface area contributed by atoms with Crippen LogP contribution in [0.5, 0.6) is 0 Å². The highest BCUT2D eigenvalue weighted by Gasteiger charge is 2.28. The molecule has 5 nitrogen and oxygen atoms in total. The van der Waals surface area contributed by atoms with Gasteiger partial charge in [0.1, 0.15) is 0 Å². The number of nitrogens with one attached hydrogen (secondary N) is 2. The Morgan fingerprint density at radius 1 is 1.41 bits per heavy atom. The van der Waals surface area contributed by atoms with Crippen LogP contribution in [0.1, 0.15) is 12.0 Å². The lowest BCUT2D eigenvalue weighted by Crippen LogP contribution is -2.44. The molecule has 2 rings (SSSR count). The van der Waals surface area contributed by atoms with Crippen LogP contribution in [0.15, 0.2) is 29.3 Å². The molecule has 0 aliphatic carbocycles. The molecule has 0 radical (unpaired) electrons. The molecule has 1 atom stereocenters. The maximum atomic E-state index is 11.4. The Hall–Kier alpha value is -0.540. The standard InChI is InChI=1S/C14H20ClN3O2S.HI/c1-16-14(18-12-7-9-21(19,20)10-12)17-8-6-11-4-2-3-5-13(11)15;/h2-5,12H,6-10H2,1H3,(H2,16,17,18);1H. The molecule has 8 heteroatoms. The summed E-state index contributed by atoms with van der Waals surface area (Å²) in [4.78, 5) is 4.12. The van der Waals surface area contributed by atoms with Gasteiger partial charge in [0.05, 0.1) is 11.5 Å². The van der Waals surface area contributed by atoms with Gasteiger partial charge < -0.3 is 10.6 Å². The van der Waals surface area contributed by atoms with E-state index in [4.69, 9.17) is 11.6 Å². The number of halogens is 2. The van der Waals surface area contributed by atoms with E-state index in [0.717, 1.165) is 17.0 Å². The summed E-state index contributed by atoms with van der Waals surface area (Å²) in [5, 5.41) is 7.09. The highest BCUT2D eigenvalue weighted by atomic mass is 127. The zero-order valence-electron chi connectivity index (χ0n) is 12.4. The molecule has 0 saturated carbocycles. The summed E-state index contributed by atoms with van der Waals surface area (Å²) < 4.78 is 22.9. The number of benzene rings is 1. The van der Waals surface area contributed by atoms with E-state index in [2.05, 4.69) is 15.6 Å². The molecule has 0 amide bonds. The molecule has 1 aliphatic heterocycles. The largest absolute Gasteiger partial charge is 0.356 e. The van der Waals surface area contributed by atoms with Gasteiger partial charge in [-0.15, -0.1) is 24.0 Å². The molecule has 0 bridgehead atoms. The number of nitrogens with zero attached hydrogens (tertiary/aromatic N) is 1. The summed E-state index contributed by atoms with van der Waals surface area (Å²) in [5.74, 6) is 1.06. The van der Waals surface area contributed by atoms with Crippen LogP contribution in [0.4, 0.5) is 0 Å². The molecule has 0 aromatic heterocycles. The van der Waals surface area contributed by atoms with Gasteiger partial charge in [-0.05, 0) is 24.5 Å². The summed E-state index contributed by atoms with van der Waals surface area (Å²) in [7, 11) is -1.21. The second-order valence-electron chi connectivity index (χ2n) is 5.08. The monoisotopic (exact) mass is 457 g/mol. The minimum atomic E-state index is -2.88. The highest BCUT2D eigenvalue weighted by molar-refractivity contribution is 14.0. The predicted octanol–water partition coefficient (Wildman–Crippen LogP) is 1.85. The Labute approximate surface area is 153 Å². The summed E-state index contributed by atoms with van der Waals surface area (Å²) in [6.07, 6.45) is 1.41. The molecule has 0 spiro atoms. The molecule has 1 unspecified atom stereocenters. The van der Waals surface area contributed by atoms with Crippen molar-refractivity contribution in [2.45, 2.75) is 18.9 Å². The van der Waals surface area contributed by atoms with Gasteiger partial charge in [-0.1, -0.05) is 29.8 Å². The van der Waals surface area contributed by atoms with Crippen LogP contribution in [-0.2, 0) is 16.3 Å². The van der Waals surface area contributed by atoms with Gasteiger partial charge in [-0.2, -0.15) is 0 Å². The van der Waals surface area contributed by atoms with Crippen molar-refractivity contribution in [3.8, 4) is 0 Å². The molecule has 2 N–H and O–H groups in total. The molecular formula is C14H21ClIN3O2S. The first-order valence-electron chi connectivity index (χ1n) is 6.91. The lowest BCUT2D eigenvalue weighted by Gasteiger charge is -2.16. The maximum Gasteiger partial charge on any atom is 0.191 e. The highest BCUT2D eigenvalue weighted by Crippen LogP contribution is 2.15. The number of hydrogen-bond donors (Lipinski definition) is 2. The van der Waals surface area contributed by atoms with Gasteiger partial charge in [0.2, 0.25) is 0 Å². The van der Waals surface area contributed by atoms with Crippen molar-refractivity contribution in [1.82, 2.24) is 10.6 Å². The maximum absolute atomic E-state index is 11.4. The topological polar surface area (TPSA) is 70.6 Å². The van der Waals surface area contributed by atoms with E-state index in [1.54, 1.807) is 7.05 Å². The second-order valence-corrected chi connectivity index (χ2v) is 7.72. The predicted molar refractivity (Wildman–Crippen MR) is 102 cm³/mol. The molecule has 1 aliphatic rings. The first-order chi connectivity index (χ1) is 10.00. The van der Waals surface area contributed by atoms with Crippen LogP contribution in [0, 0.1) is 0 Å². The number of hydrogen-bond acceptors (Lipinski definition) is 3. The Morgan fingerprint density at radius 2 is 2.14 bits per heavy atom. The first-order valence-corrected chi connectivity index (χ1v) is 9.11. The second kappa shape index (κ2) is 8.93. The molecule has 1 aromatic carbocycles. The summed E-state index contributed by atoms with van der Waals surface area (Å²) in [6, 6.07) is 7.66. The minimum Gasteiger partial charge on any atom is -0.356 e. The van der Waals surface area contributed by atoms with Crippen LogP contribution < -0.4 is 10.6 Å². The van der Waals surface area contributed by atoms with Gasteiger partial charge in [-0.3, -0.25) is 4.99 Å². The van der Waals surface area contributed by atoms with Crippen molar-refractivity contribution >= 4 is 51.4 Å². The van der Waals surface area contributed by atoms with Crippen LogP contribution in [0.3, 0.4) is 0 Å². The number of guanidine groups is 1. The lowest BCUT2D eigenvalue weighted by atomic mass is 10.1. The molecule has 1 saturated heterocycles. The Kier molecular flexibility index (Phi) is 7.92. The minimum absolute atomic E-state index is 0.